The molecule has 1 aliphatic heterocycles. The molecule has 0 radical (unpaired) electrons. The zero-order chi connectivity index (χ0) is 28.0. The monoisotopic (exact) mass is 523 g/mol. The van der Waals surface area contributed by atoms with Crippen LogP contribution in [0.3, 0.4) is 0 Å². The number of carbonyl (C=O) groups excluding carboxylic acids is 2. The lowest BCUT2D eigenvalue weighted by atomic mass is 9.79. The highest BCUT2D eigenvalue weighted by Crippen LogP contribution is 2.38. The van der Waals surface area contributed by atoms with Gasteiger partial charge in [-0.3, -0.25) is 0 Å². The summed E-state index contributed by atoms with van der Waals surface area (Å²) in [5.74, 6) is -2.29. The van der Waals surface area contributed by atoms with Crippen molar-refractivity contribution in [2.75, 3.05) is 10.6 Å². The normalized spacial score (nSPS) is 17.0. The lowest BCUT2D eigenvalue weighted by Gasteiger charge is -2.32. The van der Waals surface area contributed by atoms with Crippen molar-refractivity contribution in [3.8, 4) is 0 Å². The standard InChI is InChI=1S/C25H29BF4N2O5/c1-22(2,20(33)34)13-14-7-9-16(12-17(14)25(28,29)30)31-21(35)32-19-10-8-15(11-18(19)27)26-36-23(3,4)24(5,6)37-26/h7-12H,13H2,1-6H3,(H,33,34)(H2,31,32,35)/p-1. The summed E-state index contributed by atoms with van der Waals surface area (Å²) in [5, 5.41) is 15.8. The maximum Gasteiger partial charge on any atom is 0.494 e. The van der Waals surface area contributed by atoms with Gasteiger partial charge in [0.15, 0.2) is 0 Å². The van der Waals surface area contributed by atoms with Crippen LogP contribution in [-0.4, -0.2) is 30.3 Å². The summed E-state index contributed by atoms with van der Waals surface area (Å²) in [5.41, 5.74) is -4.20. The summed E-state index contributed by atoms with van der Waals surface area (Å²) in [4.78, 5) is 23.7. The van der Waals surface area contributed by atoms with Crippen LogP contribution in [0.2, 0.25) is 0 Å². The number of carboxylic acid groups (broad SMARTS) is 1. The molecule has 0 atom stereocenters. The highest BCUT2D eigenvalue weighted by molar-refractivity contribution is 6.62. The van der Waals surface area contributed by atoms with Crippen molar-refractivity contribution in [1.82, 2.24) is 0 Å². The first-order valence-corrected chi connectivity index (χ1v) is 11.5. The molecule has 37 heavy (non-hydrogen) atoms. The van der Waals surface area contributed by atoms with E-state index in [-0.39, 0.29) is 16.9 Å². The van der Waals surface area contributed by atoms with E-state index >= 15 is 0 Å². The molecule has 2 N–H and O–H groups in total. The zero-order valence-corrected chi connectivity index (χ0v) is 21.3. The number of rotatable bonds is 6. The highest BCUT2D eigenvalue weighted by Gasteiger charge is 2.51. The minimum absolute atomic E-state index is 0.207. The van der Waals surface area contributed by atoms with Gasteiger partial charge < -0.3 is 29.8 Å². The first-order chi connectivity index (χ1) is 16.8. The smallest absolute Gasteiger partial charge is 0.494 e. The second-order valence-electron chi connectivity index (χ2n) is 10.6. The Labute approximate surface area is 212 Å². The summed E-state index contributed by atoms with van der Waals surface area (Å²) in [6, 6.07) is 5.96. The summed E-state index contributed by atoms with van der Waals surface area (Å²) in [6.07, 6.45) is -5.24. The molecule has 1 fully saturated rings. The Kier molecular flexibility index (Phi) is 7.42. The molecule has 2 aromatic carbocycles. The Bertz CT molecular complexity index is 1200. The number of hydrogen-bond donors (Lipinski definition) is 2. The van der Waals surface area contributed by atoms with Gasteiger partial charge in [0, 0.05) is 17.1 Å². The number of benzene rings is 2. The van der Waals surface area contributed by atoms with Crippen LogP contribution in [0.15, 0.2) is 36.4 Å². The number of halogens is 4. The molecule has 200 valence electrons. The van der Waals surface area contributed by atoms with Crippen LogP contribution in [0.4, 0.5) is 33.7 Å². The Hall–Kier alpha value is -3.12. The van der Waals surface area contributed by atoms with Gasteiger partial charge in [-0.15, -0.1) is 0 Å². The van der Waals surface area contributed by atoms with Gasteiger partial charge in [-0.1, -0.05) is 26.0 Å². The molecule has 0 bridgehead atoms. The summed E-state index contributed by atoms with van der Waals surface area (Å²) < 4.78 is 67.4. The molecule has 0 spiro atoms. The van der Waals surface area contributed by atoms with Gasteiger partial charge in [0.2, 0.25) is 0 Å². The molecular formula is C25H28BF4N2O5-. The van der Waals surface area contributed by atoms with Crippen molar-refractivity contribution in [3.05, 3.63) is 53.3 Å². The molecule has 1 heterocycles. The van der Waals surface area contributed by atoms with Gasteiger partial charge in [0.1, 0.15) is 5.82 Å². The van der Waals surface area contributed by atoms with E-state index in [1.165, 1.54) is 32.0 Å². The fraction of sp³-hybridized carbons (Fsp3) is 0.440. The van der Waals surface area contributed by atoms with Crippen LogP contribution >= 0.6 is 0 Å². The molecular weight excluding hydrogens is 495 g/mol. The van der Waals surface area contributed by atoms with Crippen LogP contribution in [0.5, 0.6) is 0 Å². The first kappa shape index (κ1) is 28.5. The van der Waals surface area contributed by atoms with Crippen molar-refractivity contribution >= 4 is 36.0 Å². The average molecular weight is 523 g/mol. The lowest BCUT2D eigenvalue weighted by Crippen LogP contribution is -2.41. The summed E-state index contributed by atoms with van der Waals surface area (Å²) in [7, 11) is -0.816. The zero-order valence-electron chi connectivity index (χ0n) is 21.3. The van der Waals surface area contributed by atoms with E-state index in [1.54, 1.807) is 0 Å². The Morgan fingerprint density at radius 1 is 0.973 bits per heavy atom. The second kappa shape index (κ2) is 9.64. The Balaban J connectivity index is 1.75. The molecule has 2 aromatic rings. The van der Waals surface area contributed by atoms with Crippen molar-refractivity contribution in [3.63, 3.8) is 0 Å². The number of carbonyl (C=O) groups is 2. The van der Waals surface area contributed by atoms with E-state index in [0.717, 1.165) is 12.1 Å². The maximum atomic E-state index is 14.7. The van der Waals surface area contributed by atoms with Crippen LogP contribution in [0.25, 0.3) is 0 Å². The Morgan fingerprint density at radius 2 is 1.57 bits per heavy atom. The number of urea groups is 1. The quantitative estimate of drug-likeness (QED) is 0.439. The molecule has 3 rings (SSSR count). The van der Waals surface area contributed by atoms with E-state index in [9.17, 15) is 32.3 Å². The third-order valence-corrected chi connectivity index (χ3v) is 6.62. The predicted molar refractivity (Wildman–Crippen MR) is 129 cm³/mol. The van der Waals surface area contributed by atoms with Gasteiger partial charge in [0.05, 0.1) is 22.5 Å². The third kappa shape index (κ3) is 6.24. The number of nitrogens with one attached hydrogen (secondary N) is 2. The van der Waals surface area contributed by atoms with Crippen LogP contribution < -0.4 is 21.2 Å². The van der Waals surface area contributed by atoms with Crippen LogP contribution in [-0.2, 0) is 26.7 Å². The van der Waals surface area contributed by atoms with Gasteiger partial charge >= 0.3 is 19.3 Å². The van der Waals surface area contributed by atoms with E-state index < -0.39 is 59.7 Å². The minimum Gasteiger partial charge on any atom is -0.550 e. The second-order valence-corrected chi connectivity index (χ2v) is 10.6. The van der Waals surface area contributed by atoms with Gasteiger partial charge in [-0.2, -0.15) is 13.2 Å². The molecule has 0 unspecified atom stereocenters. The first-order valence-electron chi connectivity index (χ1n) is 11.5. The molecule has 0 aliphatic carbocycles. The van der Waals surface area contributed by atoms with E-state index in [4.69, 9.17) is 9.31 Å². The molecule has 0 saturated carbocycles. The lowest BCUT2D eigenvalue weighted by molar-refractivity contribution is -0.317. The maximum absolute atomic E-state index is 14.7. The Morgan fingerprint density at radius 3 is 2.08 bits per heavy atom. The van der Waals surface area contributed by atoms with Gasteiger partial charge in [-0.25, -0.2) is 9.18 Å². The SMILES string of the molecule is CC(C)(Cc1ccc(NC(=O)Nc2ccc(B3OC(C)(C)C(C)(C)O3)cc2F)cc1C(F)(F)F)C(=O)[O-]. The molecule has 1 aliphatic rings. The van der Waals surface area contributed by atoms with Gasteiger partial charge in [-0.05, 0) is 69.4 Å². The van der Waals surface area contributed by atoms with Crippen molar-refractivity contribution < 1.29 is 41.6 Å². The topological polar surface area (TPSA) is 99.7 Å². The number of amides is 2. The van der Waals surface area contributed by atoms with Crippen LogP contribution in [0, 0.1) is 11.2 Å². The summed E-state index contributed by atoms with van der Waals surface area (Å²) >= 11 is 0. The summed E-state index contributed by atoms with van der Waals surface area (Å²) in [6.45, 7) is 9.92. The molecule has 2 amide bonds. The molecule has 12 heteroatoms. The van der Waals surface area contributed by atoms with Crippen molar-refractivity contribution in [2.45, 2.75) is 65.3 Å². The predicted octanol–water partition coefficient (Wildman–Crippen LogP) is 4.11. The van der Waals surface area contributed by atoms with Crippen molar-refractivity contribution in [1.29, 1.82) is 0 Å². The minimum atomic E-state index is -4.80. The van der Waals surface area contributed by atoms with Gasteiger partial charge in [0.25, 0.3) is 0 Å². The van der Waals surface area contributed by atoms with E-state index in [2.05, 4.69) is 10.6 Å². The molecule has 1 saturated heterocycles. The number of aliphatic carboxylic acids is 1. The van der Waals surface area contributed by atoms with Crippen molar-refractivity contribution in [2.24, 2.45) is 5.41 Å². The molecule has 0 aromatic heterocycles. The third-order valence-electron chi connectivity index (χ3n) is 6.62. The van der Waals surface area contributed by atoms with E-state index in [1.807, 2.05) is 27.7 Å². The number of alkyl halides is 3. The largest absolute Gasteiger partial charge is 0.550 e. The average Bonchev–Trinajstić information content (AvgIpc) is 2.96. The number of anilines is 2. The molecule has 7 nitrogen and oxygen atoms in total. The van der Waals surface area contributed by atoms with Crippen LogP contribution in [0.1, 0.15) is 52.7 Å². The van der Waals surface area contributed by atoms with E-state index in [0.29, 0.717) is 11.5 Å². The number of hydrogen-bond acceptors (Lipinski definition) is 5. The number of carboxylic acids is 1. The highest BCUT2D eigenvalue weighted by atomic mass is 19.4. The fourth-order valence-electron chi connectivity index (χ4n) is 3.66. The fourth-order valence-corrected chi connectivity index (χ4v) is 3.66.